The Kier molecular flexibility index (Phi) is 3.42. The molecule has 22 heavy (non-hydrogen) atoms. The molecule has 5 nitrogen and oxygen atoms in total. The van der Waals surface area contributed by atoms with Gasteiger partial charge in [0.15, 0.2) is 5.82 Å². The van der Waals surface area contributed by atoms with Crippen LogP contribution in [-0.4, -0.2) is 40.6 Å². The predicted molar refractivity (Wildman–Crippen MR) is 89.3 cm³/mol. The van der Waals surface area contributed by atoms with E-state index in [1.165, 1.54) is 25.9 Å². The van der Waals surface area contributed by atoms with Gasteiger partial charge in [0.1, 0.15) is 23.4 Å². The van der Waals surface area contributed by atoms with E-state index in [0.717, 1.165) is 34.3 Å². The Morgan fingerprint density at radius 2 is 2.23 bits per heavy atom. The number of anilines is 1. The molecule has 2 aromatic heterocycles. The van der Waals surface area contributed by atoms with Gasteiger partial charge in [-0.15, -0.1) is 0 Å². The van der Waals surface area contributed by atoms with Crippen molar-refractivity contribution in [2.24, 2.45) is 0 Å². The highest BCUT2D eigenvalue weighted by atomic mass is 15.2. The summed E-state index contributed by atoms with van der Waals surface area (Å²) < 4.78 is 0. The highest BCUT2D eigenvalue weighted by Crippen LogP contribution is 2.26. The molecule has 0 spiro atoms. The highest BCUT2D eigenvalue weighted by molar-refractivity contribution is 6.07. The lowest BCUT2D eigenvalue weighted by molar-refractivity contribution is -0.908. The standard InChI is InChI=1S/C17H21N5/c1-2-22-9-5-6-12(22)10-18-17-16-15(19-11-20-17)13-7-3-4-8-14(13)21-16/h3-4,7-8,11-12,21H,2,5-6,9-10H2,1H3,(H,18,19,20)/p+1/t12-/m1/s1. The first-order valence-corrected chi connectivity index (χ1v) is 8.16. The fourth-order valence-corrected chi connectivity index (χ4v) is 3.69. The van der Waals surface area contributed by atoms with Gasteiger partial charge in [-0.2, -0.15) is 0 Å². The maximum atomic E-state index is 4.45. The smallest absolute Gasteiger partial charge is 0.154 e. The van der Waals surface area contributed by atoms with Gasteiger partial charge >= 0.3 is 0 Å². The lowest BCUT2D eigenvalue weighted by Gasteiger charge is -2.20. The van der Waals surface area contributed by atoms with Gasteiger partial charge in [0.05, 0.1) is 19.6 Å². The number of fused-ring (bicyclic) bond motifs is 3. The van der Waals surface area contributed by atoms with Crippen LogP contribution in [0.3, 0.4) is 0 Å². The molecule has 0 bridgehead atoms. The van der Waals surface area contributed by atoms with Crippen molar-refractivity contribution < 1.29 is 4.90 Å². The normalized spacial score (nSPS) is 21.7. The van der Waals surface area contributed by atoms with E-state index in [9.17, 15) is 0 Å². The molecule has 2 atom stereocenters. The van der Waals surface area contributed by atoms with Crippen LogP contribution in [0, 0.1) is 0 Å². The number of hydrogen-bond acceptors (Lipinski definition) is 3. The van der Waals surface area contributed by atoms with Gasteiger partial charge < -0.3 is 15.2 Å². The molecule has 1 saturated heterocycles. The number of likely N-dealkylation sites (N-methyl/N-ethyl adjacent to an activating group) is 1. The fraction of sp³-hybridized carbons (Fsp3) is 0.412. The van der Waals surface area contributed by atoms with Crippen LogP contribution in [0.25, 0.3) is 21.9 Å². The molecule has 1 aliphatic rings. The van der Waals surface area contributed by atoms with Crippen molar-refractivity contribution >= 4 is 27.8 Å². The van der Waals surface area contributed by atoms with Crippen LogP contribution < -0.4 is 10.2 Å². The number of nitrogens with zero attached hydrogens (tertiary/aromatic N) is 2. The average molecular weight is 296 g/mol. The predicted octanol–water partition coefficient (Wildman–Crippen LogP) is 1.59. The lowest BCUT2D eigenvalue weighted by Crippen LogP contribution is -3.14. The SMILES string of the molecule is CC[NH+]1CCC[C@@H]1CNc1ncnc2c1[nH]c1ccccc12. The van der Waals surface area contributed by atoms with Crippen molar-refractivity contribution in [2.75, 3.05) is 25.0 Å². The van der Waals surface area contributed by atoms with Gasteiger partial charge in [0, 0.05) is 23.7 Å². The third-order valence-electron chi connectivity index (χ3n) is 4.89. The van der Waals surface area contributed by atoms with Gasteiger partial charge in [0.25, 0.3) is 0 Å². The topological polar surface area (TPSA) is 58.0 Å². The number of rotatable bonds is 4. The number of hydrogen-bond donors (Lipinski definition) is 3. The largest absolute Gasteiger partial charge is 0.362 e. The molecular weight excluding hydrogens is 274 g/mol. The zero-order valence-electron chi connectivity index (χ0n) is 12.9. The molecule has 3 heterocycles. The molecule has 0 aliphatic carbocycles. The minimum atomic E-state index is 0.694. The van der Waals surface area contributed by atoms with Crippen LogP contribution in [0.4, 0.5) is 5.82 Å². The molecule has 4 rings (SSSR count). The summed E-state index contributed by atoms with van der Waals surface area (Å²) in [5.74, 6) is 0.920. The summed E-state index contributed by atoms with van der Waals surface area (Å²) in [6, 6.07) is 8.97. The van der Waals surface area contributed by atoms with Gasteiger partial charge in [-0.3, -0.25) is 0 Å². The van der Waals surface area contributed by atoms with Crippen LogP contribution in [0.2, 0.25) is 0 Å². The van der Waals surface area contributed by atoms with Crippen LogP contribution in [0.5, 0.6) is 0 Å². The average Bonchev–Trinajstić information content (AvgIpc) is 3.17. The molecule has 3 N–H and O–H groups in total. The monoisotopic (exact) mass is 296 g/mol. The van der Waals surface area contributed by atoms with E-state index in [4.69, 9.17) is 0 Å². The lowest BCUT2D eigenvalue weighted by atomic mass is 10.2. The third kappa shape index (κ3) is 2.22. The maximum Gasteiger partial charge on any atom is 0.154 e. The summed E-state index contributed by atoms with van der Waals surface area (Å²) in [6.07, 6.45) is 4.29. The number of benzene rings is 1. The van der Waals surface area contributed by atoms with Gasteiger partial charge in [-0.1, -0.05) is 18.2 Å². The molecule has 1 fully saturated rings. The molecule has 1 unspecified atom stereocenters. The van der Waals surface area contributed by atoms with Gasteiger partial charge in [-0.25, -0.2) is 9.97 Å². The first-order valence-electron chi connectivity index (χ1n) is 8.16. The summed E-state index contributed by atoms with van der Waals surface area (Å²) in [5.41, 5.74) is 3.13. The van der Waals surface area contributed by atoms with E-state index >= 15 is 0 Å². The van der Waals surface area contributed by atoms with Crippen molar-refractivity contribution in [3.8, 4) is 0 Å². The van der Waals surface area contributed by atoms with E-state index in [0.29, 0.717) is 6.04 Å². The Hall–Kier alpha value is -2.14. The summed E-state index contributed by atoms with van der Waals surface area (Å²) in [4.78, 5) is 14.1. The second-order valence-corrected chi connectivity index (χ2v) is 6.10. The molecule has 3 aromatic rings. The molecule has 5 heteroatoms. The second-order valence-electron chi connectivity index (χ2n) is 6.10. The minimum absolute atomic E-state index is 0.694. The van der Waals surface area contributed by atoms with Crippen molar-refractivity contribution in [3.05, 3.63) is 30.6 Å². The number of aromatic nitrogens is 3. The van der Waals surface area contributed by atoms with Gasteiger partial charge in [-0.05, 0) is 13.0 Å². The molecule has 0 radical (unpaired) electrons. The summed E-state index contributed by atoms with van der Waals surface area (Å²) in [6.45, 7) is 5.76. The first kappa shape index (κ1) is 13.5. The Morgan fingerprint density at radius 3 is 3.14 bits per heavy atom. The van der Waals surface area contributed by atoms with E-state index in [2.05, 4.69) is 39.3 Å². The van der Waals surface area contributed by atoms with E-state index in [-0.39, 0.29) is 0 Å². The highest BCUT2D eigenvalue weighted by Gasteiger charge is 2.26. The number of quaternary nitrogens is 1. The Morgan fingerprint density at radius 1 is 1.32 bits per heavy atom. The van der Waals surface area contributed by atoms with Gasteiger partial charge in [0.2, 0.25) is 0 Å². The molecule has 0 amide bonds. The number of likely N-dealkylation sites (tertiary alicyclic amines) is 1. The second kappa shape index (κ2) is 5.57. The Bertz CT molecular complexity index is 794. The third-order valence-corrected chi connectivity index (χ3v) is 4.89. The quantitative estimate of drug-likeness (QED) is 0.685. The van der Waals surface area contributed by atoms with Crippen molar-refractivity contribution in [3.63, 3.8) is 0 Å². The van der Waals surface area contributed by atoms with Crippen LogP contribution >= 0.6 is 0 Å². The number of H-pyrrole nitrogens is 1. The minimum Gasteiger partial charge on any atom is -0.362 e. The number of aromatic amines is 1. The van der Waals surface area contributed by atoms with Crippen molar-refractivity contribution in [2.45, 2.75) is 25.8 Å². The van der Waals surface area contributed by atoms with Crippen molar-refractivity contribution in [1.29, 1.82) is 0 Å². The molecule has 1 aliphatic heterocycles. The maximum absolute atomic E-state index is 4.45. The molecule has 1 aromatic carbocycles. The summed E-state index contributed by atoms with van der Waals surface area (Å²) in [5, 5.41) is 4.71. The molecular formula is C17H22N5+. The van der Waals surface area contributed by atoms with E-state index in [1.54, 1.807) is 11.2 Å². The number of para-hydroxylation sites is 1. The molecule has 0 saturated carbocycles. The zero-order valence-corrected chi connectivity index (χ0v) is 12.9. The summed E-state index contributed by atoms with van der Waals surface area (Å²) in [7, 11) is 0. The first-order chi connectivity index (χ1) is 10.9. The molecule has 114 valence electrons. The number of nitrogens with one attached hydrogen (secondary N) is 3. The van der Waals surface area contributed by atoms with Crippen LogP contribution in [0.15, 0.2) is 30.6 Å². The van der Waals surface area contributed by atoms with Crippen LogP contribution in [-0.2, 0) is 0 Å². The Balaban J connectivity index is 1.64. The van der Waals surface area contributed by atoms with Crippen molar-refractivity contribution in [1.82, 2.24) is 15.0 Å². The fourth-order valence-electron chi connectivity index (χ4n) is 3.69. The Labute approximate surface area is 129 Å². The zero-order chi connectivity index (χ0) is 14.9. The summed E-state index contributed by atoms with van der Waals surface area (Å²) >= 11 is 0. The van der Waals surface area contributed by atoms with E-state index < -0.39 is 0 Å². The van der Waals surface area contributed by atoms with Crippen LogP contribution in [0.1, 0.15) is 19.8 Å². The van der Waals surface area contributed by atoms with E-state index in [1.807, 2.05) is 12.1 Å².